The fourth-order valence-electron chi connectivity index (χ4n) is 3.32. The van der Waals surface area contributed by atoms with Gasteiger partial charge < -0.3 is 11.1 Å². The van der Waals surface area contributed by atoms with E-state index in [1.54, 1.807) is 0 Å². The van der Waals surface area contributed by atoms with Gasteiger partial charge in [-0.1, -0.05) is 0 Å². The molecule has 0 spiro atoms. The van der Waals surface area contributed by atoms with Crippen LogP contribution in [0, 0.1) is 11.8 Å². The van der Waals surface area contributed by atoms with E-state index in [1.807, 2.05) is 0 Å². The molecule has 0 aromatic carbocycles. The smallest absolute Gasteiger partial charge is 0.0340 e. The van der Waals surface area contributed by atoms with Gasteiger partial charge in [0.2, 0.25) is 0 Å². The van der Waals surface area contributed by atoms with Gasteiger partial charge in [-0.25, -0.2) is 0 Å². The van der Waals surface area contributed by atoms with Crippen LogP contribution in [-0.2, 0) is 0 Å². The van der Waals surface area contributed by atoms with E-state index in [-0.39, 0.29) is 12.4 Å². The van der Waals surface area contributed by atoms with Crippen molar-refractivity contribution >= 4 is 24.0 Å². The van der Waals surface area contributed by atoms with Crippen LogP contribution in [0.2, 0.25) is 0 Å². The van der Waals surface area contributed by atoms with Gasteiger partial charge in [0.15, 0.2) is 0 Å². The first-order chi connectivity index (χ1) is 6.72. The molecule has 0 bridgehead atoms. The SMILES string of the molecule is CC1NC2CCC(Cl)CC2C1CCN.Cl. The molecule has 5 atom stereocenters. The van der Waals surface area contributed by atoms with Gasteiger partial charge in [-0.3, -0.25) is 0 Å². The first-order valence-corrected chi connectivity index (χ1v) is 6.26. The fraction of sp³-hybridized carbons (Fsp3) is 1.00. The molecule has 0 radical (unpaired) electrons. The minimum absolute atomic E-state index is 0. The number of halogens is 2. The van der Waals surface area contributed by atoms with Gasteiger partial charge >= 0.3 is 0 Å². The molecule has 15 heavy (non-hydrogen) atoms. The molecule has 1 saturated heterocycles. The molecule has 2 rings (SSSR count). The molecule has 0 aromatic heterocycles. The van der Waals surface area contributed by atoms with Crippen LogP contribution in [-0.4, -0.2) is 24.0 Å². The van der Waals surface area contributed by atoms with E-state index in [4.69, 9.17) is 17.3 Å². The van der Waals surface area contributed by atoms with Crippen LogP contribution in [0.1, 0.15) is 32.6 Å². The minimum Gasteiger partial charge on any atom is -0.330 e. The van der Waals surface area contributed by atoms with E-state index in [1.165, 1.54) is 19.3 Å². The first-order valence-electron chi connectivity index (χ1n) is 5.82. The Labute approximate surface area is 104 Å². The molecule has 1 saturated carbocycles. The Kier molecular flexibility index (Phi) is 5.17. The second-order valence-electron chi connectivity index (χ2n) is 4.88. The van der Waals surface area contributed by atoms with Crippen molar-refractivity contribution < 1.29 is 0 Å². The summed E-state index contributed by atoms with van der Waals surface area (Å²) in [6.45, 7) is 3.11. The van der Waals surface area contributed by atoms with E-state index in [9.17, 15) is 0 Å². The predicted octanol–water partition coefficient (Wildman–Crippen LogP) is 2.14. The summed E-state index contributed by atoms with van der Waals surface area (Å²) in [5, 5.41) is 4.10. The highest BCUT2D eigenvalue weighted by Crippen LogP contribution is 2.40. The number of nitrogens with two attached hydrogens (primary N) is 1. The van der Waals surface area contributed by atoms with Crippen molar-refractivity contribution in [3.63, 3.8) is 0 Å². The standard InChI is InChI=1S/C11H21ClN2.ClH/c1-7-9(4-5-13)10-6-8(12)2-3-11(10)14-7;/h7-11,14H,2-6,13H2,1H3;1H. The molecule has 3 N–H and O–H groups in total. The Morgan fingerprint density at radius 3 is 2.80 bits per heavy atom. The monoisotopic (exact) mass is 252 g/mol. The van der Waals surface area contributed by atoms with Crippen LogP contribution in [0.4, 0.5) is 0 Å². The summed E-state index contributed by atoms with van der Waals surface area (Å²) in [6.07, 6.45) is 4.77. The van der Waals surface area contributed by atoms with Crippen LogP contribution in [0.25, 0.3) is 0 Å². The van der Waals surface area contributed by atoms with Gasteiger partial charge in [0.25, 0.3) is 0 Å². The molecule has 2 nitrogen and oxygen atoms in total. The molecule has 0 aromatic rings. The Balaban J connectivity index is 0.00000112. The van der Waals surface area contributed by atoms with Crippen molar-refractivity contribution in [2.24, 2.45) is 17.6 Å². The third-order valence-corrected chi connectivity index (χ3v) is 4.40. The van der Waals surface area contributed by atoms with Crippen molar-refractivity contribution in [1.82, 2.24) is 5.32 Å². The minimum atomic E-state index is 0. The number of hydrogen-bond donors (Lipinski definition) is 2. The second-order valence-corrected chi connectivity index (χ2v) is 5.49. The Morgan fingerprint density at radius 2 is 2.13 bits per heavy atom. The van der Waals surface area contributed by atoms with E-state index >= 15 is 0 Å². The third-order valence-electron chi connectivity index (χ3n) is 4.00. The fourth-order valence-corrected chi connectivity index (χ4v) is 3.65. The summed E-state index contributed by atoms with van der Waals surface area (Å²) in [5.74, 6) is 1.54. The molecule has 0 amide bonds. The normalized spacial score (nSPS) is 44.6. The second kappa shape index (κ2) is 5.72. The zero-order valence-corrected chi connectivity index (χ0v) is 10.9. The number of rotatable bonds is 2. The lowest BCUT2D eigenvalue weighted by Crippen LogP contribution is -2.34. The Hall–Kier alpha value is 0.500. The lowest BCUT2D eigenvalue weighted by molar-refractivity contribution is 0.264. The maximum atomic E-state index is 6.24. The molecular formula is C11H22Cl2N2. The van der Waals surface area contributed by atoms with Crippen molar-refractivity contribution in [3.8, 4) is 0 Å². The Morgan fingerprint density at radius 1 is 1.40 bits per heavy atom. The zero-order chi connectivity index (χ0) is 10.1. The van der Waals surface area contributed by atoms with E-state index < -0.39 is 0 Å². The lowest BCUT2D eigenvalue weighted by atomic mass is 9.77. The highest BCUT2D eigenvalue weighted by molar-refractivity contribution is 6.20. The average Bonchev–Trinajstić information content (AvgIpc) is 2.45. The molecule has 1 aliphatic heterocycles. The van der Waals surface area contributed by atoms with Crippen LogP contribution >= 0.6 is 24.0 Å². The quantitative estimate of drug-likeness (QED) is 0.740. The highest BCUT2D eigenvalue weighted by Gasteiger charge is 2.42. The van der Waals surface area contributed by atoms with Crippen molar-refractivity contribution in [3.05, 3.63) is 0 Å². The molecular weight excluding hydrogens is 231 g/mol. The van der Waals surface area contributed by atoms with Gasteiger partial charge in [0.05, 0.1) is 0 Å². The number of nitrogens with one attached hydrogen (secondary N) is 1. The van der Waals surface area contributed by atoms with Crippen LogP contribution in [0.3, 0.4) is 0 Å². The molecule has 2 aliphatic rings. The van der Waals surface area contributed by atoms with Crippen molar-refractivity contribution in [1.29, 1.82) is 0 Å². The van der Waals surface area contributed by atoms with Crippen LogP contribution in [0.5, 0.6) is 0 Å². The van der Waals surface area contributed by atoms with E-state index in [0.717, 1.165) is 30.8 Å². The number of hydrogen-bond acceptors (Lipinski definition) is 2. The summed E-state index contributed by atoms with van der Waals surface area (Å²) in [4.78, 5) is 0. The van der Waals surface area contributed by atoms with E-state index in [0.29, 0.717) is 11.4 Å². The summed E-state index contributed by atoms with van der Waals surface area (Å²) in [6, 6.07) is 1.35. The summed E-state index contributed by atoms with van der Waals surface area (Å²) < 4.78 is 0. The average molecular weight is 253 g/mol. The van der Waals surface area contributed by atoms with Crippen LogP contribution < -0.4 is 11.1 Å². The molecule has 1 heterocycles. The van der Waals surface area contributed by atoms with E-state index in [2.05, 4.69) is 12.2 Å². The molecule has 4 heteroatoms. The zero-order valence-electron chi connectivity index (χ0n) is 9.29. The van der Waals surface area contributed by atoms with Gasteiger partial charge in [-0.2, -0.15) is 0 Å². The summed E-state index contributed by atoms with van der Waals surface area (Å²) >= 11 is 6.24. The first kappa shape index (κ1) is 13.6. The van der Waals surface area contributed by atoms with Crippen molar-refractivity contribution in [2.45, 2.75) is 50.1 Å². The maximum Gasteiger partial charge on any atom is 0.0340 e. The van der Waals surface area contributed by atoms with Gasteiger partial charge in [0.1, 0.15) is 0 Å². The summed E-state index contributed by atoms with van der Waals surface area (Å²) in [5.41, 5.74) is 5.67. The third kappa shape index (κ3) is 2.79. The van der Waals surface area contributed by atoms with Crippen LogP contribution in [0.15, 0.2) is 0 Å². The largest absolute Gasteiger partial charge is 0.330 e. The number of fused-ring (bicyclic) bond motifs is 1. The van der Waals surface area contributed by atoms with Gasteiger partial charge in [0, 0.05) is 17.5 Å². The predicted molar refractivity (Wildman–Crippen MR) is 67.8 cm³/mol. The molecule has 5 unspecified atom stereocenters. The van der Waals surface area contributed by atoms with Crippen molar-refractivity contribution in [2.75, 3.05) is 6.54 Å². The number of alkyl halides is 1. The summed E-state index contributed by atoms with van der Waals surface area (Å²) in [7, 11) is 0. The Bertz CT molecular complexity index is 201. The maximum absolute atomic E-state index is 6.24. The lowest BCUT2D eigenvalue weighted by Gasteiger charge is -2.31. The molecule has 2 fully saturated rings. The highest BCUT2D eigenvalue weighted by atomic mass is 35.5. The molecule has 90 valence electrons. The van der Waals surface area contributed by atoms with Gasteiger partial charge in [-0.15, -0.1) is 24.0 Å². The van der Waals surface area contributed by atoms with Gasteiger partial charge in [-0.05, 0) is 51.0 Å². The molecule has 1 aliphatic carbocycles. The topological polar surface area (TPSA) is 38.0 Å².